The van der Waals surface area contributed by atoms with Gasteiger partial charge in [-0.2, -0.15) is 0 Å². The van der Waals surface area contributed by atoms with E-state index in [2.05, 4.69) is 5.32 Å². The molecular weight excluding hydrogens is 613 g/mol. The SMILES string of the molecule is CCOC(Cc1ccc(OCCN(CCCCOc2cc(Cl)cc(Cl)c2)C(=O)Nc2ccc(C)c([N+](=O)[O-])c2)cc1)C(=O)O. The number of hydrogen-bond acceptors (Lipinski definition) is 7. The van der Waals surface area contributed by atoms with E-state index in [0.29, 0.717) is 65.4 Å². The molecule has 11 nitrogen and oxygen atoms in total. The van der Waals surface area contributed by atoms with Crippen molar-refractivity contribution in [3.05, 3.63) is 92.0 Å². The topological polar surface area (TPSA) is 140 Å². The van der Waals surface area contributed by atoms with Gasteiger partial charge in [0, 0.05) is 46.9 Å². The molecule has 13 heteroatoms. The molecule has 1 atom stereocenters. The van der Waals surface area contributed by atoms with E-state index < -0.39 is 23.0 Å². The zero-order valence-corrected chi connectivity index (χ0v) is 26.0. The second-order valence-electron chi connectivity index (χ2n) is 9.82. The number of nitrogens with zero attached hydrogens (tertiary/aromatic N) is 2. The maximum atomic E-state index is 13.2. The number of hydrogen-bond donors (Lipinski definition) is 2. The number of rotatable bonds is 17. The summed E-state index contributed by atoms with van der Waals surface area (Å²) in [5.74, 6) is 0.0835. The maximum absolute atomic E-state index is 13.2. The van der Waals surface area contributed by atoms with E-state index in [1.54, 1.807) is 73.3 Å². The minimum absolute atomic E-state index is 0.0877. The molecule has 0 bridgehead atoms. The van der Waals surface area contributed by atoms with E-state index in [1.165, 1.54) is 6.07 Å². The lowest BCUT2D eigenvalue weighted by Gasteiger charge is -2.23. The molecule has 2 amide bonds. The van der Waals surface area contributed by atoms with E-state index in [0.717, 1.165) is 5.56 Å². The molecule has 44 heavy (non-hydrogen) atoms. The van der Waals surface area contributed by atoms with E-state index >= 15 is 0 Å². The molecule has 0 aromatic heterocycles. The summed E-state index contributed by atoms with van der Waals surface area (Å²) in [6.07, 6.45) is 0.533. The monoisotopic (exact) mass is 647 g/mol. The third-order valence-corrected chi connectivity index (χ3v) is 6.93. The molecule has 2 N–H and O–H groups in total. The van der Waals surface area contributed by atoms with Crippen LogP contribution in [0.2, 0.25) is 10.0 Å². The number of nitrogens with one attached hydrogen (secondary N) is 1. The van der Waals surface area contributed by atoms with Crippen molar-refractivity contribution < 1.29 is 33.8 Å². The number of benzene rings is 3. The van der Waals surface area contributed by atoms with Crippen LogP contribution in [0.4, 0.5) is 16.2 Å². The predicted octanol–water partition coefficient (Wildman–Crippen LogP) is 7.01. The van der Waals surface area contributed by atoms with Crippen molar-refractivity contribution in [3.8, 4) is 11.5 Å². The number of urea groups is 1. The molecule has 0 saturated heterocycles. The maximum Gasteiger partial charge on any atom is 0.333 e. The van der Waals surface area contributed by atoms with Crippen molar-refractivity contribution in [3.63, 3.8) is 0 Å². The number of carbonyl (C=O) groups excluding carboxylic acids is 1. The third kappa shape index (κ3) is 11.2. The quantitative estimate of drug-likeness (QED) is 0.0905. The summed E-state index contributed by atoms with van der Waals surface area (Å²) in [7, 11) is 0. The molecule has 0 saturated carbocycles. The van der Waals surface area contributed by atoms with Gasteiger partial charge < -0.3 is 29.5 Å². The number of ether oxygens (including phenoxy) is 3. The van der Waals surface area contributed by atoms with E-state index in [9.17, 15) is 24.8 Å². The molecule has 0 aliphatic carbocycles. The van der Waals surface area contributed by atoms with Gasteiger partial charge in [0.15, 0.2) is 6.10 Å². The number of carboxylic acid groups (broad SMARTS) is 1. The molecule has 0 radical (unpaired) electrons. The fourth-order valence-electron chi connectivity index (χ4n) is 4.24. The Morgan fingerprint density at radius 2 is 1.64 bits per heavy atom. The molecule has 0 aliphatic heterocycles. The van der Waals surface area contributed by atoms with Crippen LogP contribution in [0.3, 0.4) is 0 Å². The van der Waals surface area contributed by atoms with E-state index in [4.69, 9.17) is 37.4 Å². The Kier molecular flexibility index (Phi) is 13.5. The number of nitro groups is 1. The Labute approximate surface area is 265 Å². The zero-order chi connectivity index (χ0) is 32.1. The Balaban J connectivity index is 1.59. The lowest BCUT2D eigenvalue weighted by molar-refractivity contribution is -0.385. The van der Waals surface area contributed by atoms with E-state index in [1.807, 2.05) is 0 Å². The van der Waals surface area contributed by atoms with Gasteiger partial charge in [-0.3, -0.25) is 10.1 Å². The lowest BCUT2D eigenvalue weighted by atomic mass is 10.1. The lowest BCUT2D eigenvalue weighted by Crippen LogP contribution is -2.38. The largest absolute Gasteiger partial charge is 0.493 e. The fourth-order valence-corrected chi connectivity index (χ4v) is 4.74. The van der Waals surface area contributed by atoms with Gasteiger partial charge in [-0.15, -0.1) is 0 Å². The van der Waals surface area contributed by atoms with Crippen molar-refractivity contribution >= 4 is 46.6 Å². The van der Waals surface area contributed by atoms with Gasteiger partial charge >= 0.3 is 12.0 Å². The zero-order valence-electron chi connectivity index (χ0n) is 24.5. The summed E-state index contributed by atoms with van der Waals surface area (Å²) < 4.78 is 16.9. The van der Waals surface area contributed by atoms with Crippen LogP contribution in [0.1, 0.15) is 30.9 Å². The highest BCUT2D eigenvalue weighted by Gasteiger charge is 2.19. The highest BCUT2D eigenvalue weighted by Crippen LogP contribution is 2.25. The second-order valence-corrected chi connectivity index (χ2v) is 10.7. The Bertz CT molecular complexity index is 1400. The first-order chi connectivity index (χ1) is 21.0. The van der Waals surface area contributed by atoms with Gasteiger partial charge in [-0.05, 0) is 68.7 Å². The van der Waals surface area contributed by atoms with Gasteiger partial charge in [0.05, 0.1) is 18.1 Å². The summed E-state index contributed by atoms with van der Waals surface area (Å²) in [5, 5.41) is 24.3. The van der Waals surface area contributed by atoms with Gasteiger partial charge in [0.25, 0.3) is 5.69 Å². The molecule has 3 aromatic rings. The van der Waals surface area contributed by atoms with Crippen LogP contribution in [0.5, 0.6) is 11.5 Å². The predicted molar refractivity (Wildman–Crippen MR) is 168 cm³/mol. The van der Waals surface area contributed by atoms with Crippen molar-refractivity contribution in [1.82, 2.24) is 4.90 Å². The summed E-state index contributed by atoms with van der Waals surface area (Å²) in [4.78, 5) is 37.0. The normalized spacial score (nSPS) is 11.5. The van der Waals surface area contributed by atoms with Crippen LogP contribution in [-0.2, 0) is 16.0 Å². The van der Waals surface area contributed by atoms with Crippen LogP contribution in [0.25, 0.3) is 0 Å². The summed E-state index contributed by atoms with van der Waals surface area (Å²) in [6, 6.07) is 16.0. The number of anilines is 1. The first-order valence-corrected chi connectivity index (χ1v) is 14.8. The molecule has 0 aliphatic rings. The van der Waals surface area contributed by atoms with Crippen LogP contribution < -0.4 is 14.8 Å². The van der Waals surface area contributed by atoms with Crippen LogP contribution in [0, 0.1) is 17.0 Å². The van der Waals surface area contributed by atoms with Crippen molar-refractivity contribution in [2.45, 2.75) is 39.2 Å². The average molecular weight is 649 g/mol. The van der Waals surface area contributed by atoms with Crippen molar-refractivity contribution in [2.75, 3.05) is 38.2 Å². The standard InChI is InChI=1S/C31H35Cl2N3O8/c1-3-42-29(30(37)38)16-22-7-10-26(11-8-22)44-15-13-35(12-4-5-14-43-27-18-23(32)17-24(33)19-27)31(39)34-25-9-6-21(2)28(20-25)36(40)41/h6-11,17-20,29H,3-5,12-16H2,1-2H3,(H,34,39)(H,37,38). The number of halogens is 2. The molecule has 1 unspecified atom stereocenters. The Morgan fingerprint density at radius 1 is 0.955 bits per heavy atom. The molecule has 3 rings (SSSR count). The third-order valence-electron chi connectivity index (χ3n) is 6.49. The molecule has 0 fully saturated rings. The summed E-state index contributed by atoms with van der Waals surface area (Å²) in [5.41, 5.74) is 1.49. The Morgan fingerprint density at radius 3 is 2.27 bits per heavy atom. The first kappa shape index (κ1) is 34.4. The Hall–Kier alpha value is -4.06. The molecule has 3 aromatic carbocycles. The number of unbranched alkanes of at least 4 members (excludes halogenated alkanes) is 1. The minimum atomic E-state index is -1.02. The molecular formula is C31H35Cl2N3O8. The van der Waals surface area contributed by atoms with Gasteiger partial charge in [0.2, 0.25) is 0 Å². The van der Waals surface area contributed by atoms with Crippen LogP contribution in [-0.4, -0.2) is 65.9 Å². The number of aliphatic carboxylic acids is 1. The highest BCUT2D eigenvalue weighted by molar-refractivity contribution is 6.34. The van der Waals surface area contributed by atoms with Crippen LogP contribution >= 0.6 is 23.2 Å². The number of carbonyl (C=O) groups is 2. The number of nitro benzene ring substituents is 1. The average Bonchev–Trinajstić information content (AvgIpc) is 2.97. The van der Waals surface area contributed by atoms with E-state index in [-0.39, 0.29) is 25.3 Å². The minimum Gasteiger partial charge on any atom is -0.493 e. The second kappa shape index (κ2) is 17.3. The number of carboxylic acids is 1. The van der Waals surface area contributed by atoms with Gasteiger partial charge in [0.1, 0.15) is 18.1 Å². The highest BCUT2D eigenvalue weighted by atomic mass is 35.5. The number of amides is 2. The number of aryl methyl sites for hydroxylation is 1. The summed E-state index contributed by atoms with van der Waals surface area (Å²) in [6.45, 7) is 4.83. The van der Waals surface area contributed by atoms with Gasteiger partial charge in [-0.25, -0.2) is 9.59 Å². The van der Waals surface area contributed by atoms with Gasteiger partial charge in [-0.1, -0.05) is 41.4 Å². The molecule has 236 valence electrons. The smallest absolute Gasteiger partial charge is 0.333 e. The summed E-state index contributed by atoms with van der Waals surface area (Å²) >= 11 is 12.0. The van der Waals surface area contributed by atoms with Crippen molar-refractivity contribution in [2.24, 2.45) is 0 Å². The molecule has 0 spiro atoms. The van der Waals surface area contributed by atoms with Crippen molar-refractivity contribution in [1.29, 1.82) is 0 Å². The molecule has 0 heterocycles. The van der Waals surface area contributed by atoms with Crippen LogP contribution in [0.15, 0.2) is 60.7 Å². The first-order valence-electron chi connectivity index (χ1n) is 14.0. The fraction of sp³-hybridized carbons (Fsp3) is 0.355.